The van der Waals surface area contributed by atoms with E-state index in [1.807, 2.05) is 4.90 Å². The first-order valence-corrected chi connectivity index (χ1v) is 8.39. The Kier molecular flexibility index (Phi) is 3.56. The number of anilines is 2. The first-order chi connectivity index (χ1) is 9.90. The van der Waals surface area contributed by atoms with E-state index in [4.69, 9.17) is 20.3 Å². The molecule has 2 aliphatic heterocycles. The van der Waals surface area contributed by atoms with Gasteiger partial charge in [-0.3, -0.25) is 0 Å². The van der Waals surface area contributed by atoms with Crippen molar-refractivity contribution in [2.24, 2.45) is 5.14 Å². The van der Waals surface area contributed by atoms with Crippen LogP contribution >= 0.6 is 0 Å². The Morgan fingerprint density at radius 3 is 2.62 bits per heavy atom. The third kappa shape index (κ3) is 2.84. The van der Waals surface area contributed by atoms with Crippen LogP contribution in [0.15, 0.2) is 23.1 Å². The van der Waals surface area contributed by atoms with Crippen molar-refractivity contribution >= 4 is 21.4 Å². The number of benzene rings is 1. The standard InChI is InChI=1S/C13H19N3O4S/c14-10-2-3-11(12(8-10)21(15,17)18)16-5-1-4-13(9-16)19-6-7-20-13/h2-3,8H,1,4-7,9,14H2,(H2,15,17,18). The quantitative estimate of drug-likeness (QED) is 0.758. The van der Waals surface area contributed by atoms with E-state index >= 15 is 0 Å². The number of hydrogen-bond donors (Lipinski definition) is 2. The highest BCUT2D eigenvalue weighted by molar-refractivity contribution is 7.89. The number of nitrogens with zero attached hydrogens (tertiary/aromatic N) is 1. The number of ether oxygens (including phenoxy) is 2. The summed E-state index contributed by atoms with van der Waals surface area (Å²) in [5, 5.41) is 5.31. The zero-order valence-electron chi connectivity index (χ0n) is 11.6. The third-order valence-corrected chi connectivity index (χ3v) is 4.80. The van der Waals surface area contributed by atoms with E-state index in [0.29, 0.717) is 31.1 Å². The van der Waals surface area contributed by atoms with Crippen LogP contribution in [-0.2, 0) is 19.5 Å². The molecule has 4 N–H and O–H groups in total. The van der Waals surface area contributed by atoms with Crippen LogP contribution < -0.4 is 15.8 Å². The molecule has 0 radical (unpaired) electrons. The fourth-order valence-electron chi connectivity index (χ4n) is 2.95. The fraction of sp³-hybridized carbons (Fsp3) is 0.538. The Labute approximate surface area is 123 Å². The van der Waals surface area contributed by atoms with Crippen molar-refractivity contribution in [3.8, 4) is 0 Å². The van der Waals surface area contributed by atoms with Crippen molar-refractivity contribution in [3.05, 3.63) is 18.2 Å². The largest absolute Gasteiger partial charge is 0.399 e. The molecule has 0 bridgehead atoms. The lowest BCUT2D eigenvalue weighted by atomic mass is 10.0. The van der Waals surface area contributed by atoms with Crippen LogP contribution in [0.3, 0.4) is 0 Å². The molecule has 0 unspecified atom stereocenters. The number of primary sulfonamides is 1. The minimum Gasteiger partial charge on any atom is -0.399 e. The second-order valence-corrected chi connectivity index (χ2v) is 6.93. The molecule has 1 aromatic carbocycles. The summed E-state index contributed by atoms with van der Waals surface area (Å²) in [4.78, 5) is 1.98. The van der Waals surface area contributed by atoms with Gasteiger partial charge in [0.05, 0.1) is 25.4 Å². The van der Waals surface area contributed by atoms with Crippen LogP contribution in [0.25, 0.3) is 0 Å². The summed E-state index contributed by atoms with van der Waals surface area (Å²) >= 11 is 0. The summed E-state index contributed by atoms with van der Waals surface area (Å²) in [5.41, 5.74) is 6.59. The lowest BCUT2D eigenvalue weighted by Crippen LogP contribution is -2.49. The van der Waals surface area contributed by atoms with Crippen molar-refractivity contribution in [1.82, 2.24) is 0 Å². The van der Waals surface area contributed by atoms with Crippen molar-refractivity contribution < 1.29 is 17.9 Å². The minimum atomic E-state index is -3.84. The van der Waals surface area contributed by atoms with Gasteiger partial charge in [-0.05, 0) is 24.6 Å². The van der Waals surface area contributed by atoms with E-state index in [-0.39, 0.29) is 4.90 Å². The van der Waals surface area contributed by atoms with Gasteiger partial charge in [-0.15, -0.1) is 0 Å². The molecular weight excluding hydrogens is 294 g/mol. The average molecular weight is 313 g/mol. The van der Waals surface area contributed by atoms with Crippen LogP contribution in [0.5, 0.6) is 0 Å². The smallest absolute Gasteiger partial charge is 0.240 e. The maximum atomic E-state index is 11.8. The predicted molar refractivity (Wildman–Crippen MR) is 78.3 cm³/mol. The van der Waals surface area contributed by atoms with Crippen molar-refractivity contribution in [2.45, 2.75) is 23.5 Å². The molecule has 7 nitrogen and oxygen atoms in total. The molecule has 116 valence electrons. The number of nitrogens with two attached hydrogens (primary N) is 2. The molecule has 8 heteroatoms. The second kappa shape index (κ2) is 5.13. The van der Waals surface area contributed by atoms with Crippen LogP contribution in [0.2, 0.25) is 0 Å². The number of rotatable bonds is 2. The number of nitrogen functional groups attached to an aromatic ring is 1. The maximum absolute atomic E-state index is 11.8. The van der Waals surface area contributed by atoms with Crippen LogP contribution in [-0.4, -0.2) is 40.5 Å². The molecule has 2 aliphatic rings. The van der Waals surface area contributed by atoms with E-state index in [1.165, 1.54) is 6.07 Å². The van der Waals surface area contributed by atoms with Gasteiger partial charge in [-0.1, -0.05) is 0 Å². The molecule has 1 spiro atoms. The highest BCUT2D eigenvalue weighted by atomic mass is 32.2. The van der Waals surface area contributed by atoms with Gasteiger partial charge in [0.15, 0.2) is 5.79 Å². The highest BCUT2D eigenvalue weighted by Gasteiger charge is 2.41. The summed E-state index contributed by atoms with van der Waals surface area (Å²) in [6.07, 6.45) is 1.66. The second-order valence-electron chi connectivity index (χ2n) is 5.40. The number of sulfonamides is 1. The molecule has 0 atom stereocenters. The molecule has 1 aromatic rings. The van der Waals surface area contributed by atoms with E-state index in [0.717, 1.165) is 19.4 Å². The van der Waals surface area contributed by atoms with E-state index in [2.05, 4.69) is 0 Å². The van der Waals surface area contributed by atoms with Gasteiger partial charge in [0.25, 0.3) is 0 Å². The Bertz CT molecular complexity index is 641. The molecule has 3 rings (SSSR count). The van der Waals surface area contributed by atoms with E-state index in [1.54, 1.807) is 12.1 Å². The van der Waals surface area contributed by atoms with Gasteiger partial charge in [0.1, 0.15) is 4.90 Å². The summed E-state index contributed by atoms with van der Waals surface area (Å²) in [7, 11) is -3.84. The lowest BCUT2D eigenvalue weighted by molar-refractivity contribution is -0.161. The van der Waals surface area contributed by atoms with Crippen LogP contribution in [0, 0.1) is 0 Å². The first-order valence-electron chi connectivity index (χ1n) is 6.85. The zero-order chi connectivity index (χ0) is 15.1. The zero-order valence-corrected chi connectivity index (χ0v) is 12.4. The van der Waals surface area contributed by atoms with E-state index < -0.39 is 15.8 Å². The fourth-order valence-corrected chi connectivity index (χ4v) is 3.74. The average Bonchev–Trinajstić information content (AvgIpc) is 2.85. The molecular formula is C13H19N3O4S. The molecule has 2 saturated heterocycles. The molecule has 0 aromatic heterocycles. The van der Waals surface area contributed by atoms with Crippen LogP contribution in [0.1, 0.15) is 12.8 Å². The SMILES string of the molecule is Nc1ccc(N2CCCC3(C2)OCCO3)c(S(N)(=O)=O)c1. The summed E-state index contributed by atoms with van der Waals surface area (Å²) < 4.78 is 35.0. The van der Waals surface area contributed by atoms with Crippen molar-refractivity contribution in [1.29, 1.82) is 0 Å². The minimum absolute atomic E-state index is 0.0394. The molecule has 0 saturated carbocycles. The van der Waals surface area contributed by atoms with Crippen LogP contribution in [0.4, 0.5) is 11.4 Å². The number of hydrogen-bond acceptors (Lipinski definition) is 6. The maximum Gasteiger partial charge on any atom is 0.240 e. The third-order valence-electron chi connectivity index (χ3n) is 3.86. The van der Waals surface area contributed by atoms with Gasteiger partial charge >= 0.3 is 0 Å². The van der Waals surface area contributed by atoms with Crippen molar-refractivity contribution in [3.63, 3.8) is 0 Å². The predicted octanol–water partition coefficient (Wildman–Crippen LogP) is 0.260. The summed E-state index contributed by atoms with van der Waals surface area (Å²) in [6, 6.07) is 4.74. The monoisotopic (exact) mass is 313 g/mol. The normalized spacial score (nSPS) is 21.9. The molecule has 0 amide bonds. The molecule has 2 fully saturated rings. The molecule has 2 heterocycles. The Balaban J connectivity index is 1.96. The topological polar surface area (TPSA) is 108 Å². The number of piperidine rings is 1. The van der Waals surface area contributed by atoms with Gasteiger partial charge < -0.3 is 20.1 Å². The van der Waals surface area contributed by atoms with E-state index in [9.17, 15) is 8.42 Å². The lowest BCUT2D eigenvalue weighted by Gasteiger charge is -2.40. The van der Waals surface area contributed by atoms with Gasteiger partial charge in [-0.25, -0.2) is 13.6 Å². The Hall–Kier alpha value is -1.35. The Morgan fingerprint density at radius 1 is 1.24 bits per heavy atom. The highest BCUT2D eigenvalue weighted by Crippen LogP contribution is 2.35. The first kappa shape index (κ1) is 14.6. The van der Waals surface area contributed by atoms with Gasteiger partial charge in [-0.2, -0.15) is 0 Å². The Morgan fingerprint density at radius 2 is 1.95 bits per heavy atom. The van der Waals surface area contributed by atoms with Gasteiger partial charge in [0.2, 0.25) is 10.0 Å². The summed E-state index contributed by atoms with van der Waals surface area (Å²) in [5.74, 6) is -0.630. The summed E-state index contributed by atoms with van der Waals surface area (Å²) in [6.45, 7) is 2.34. The molecule has 21 heavy (non-hydrogen) atoms. The van der Waals surface area contributed by atoms with Crippen molar-refractivity contribution in [2.75, 3.05) is 36.9 Å². The van der Waals surface area contributed by atoms with Gasteiger partial charge in [0, 0.05) is 18.7 Å². The molecule has 0 aliphatic carbocycles.